The average molecular weight is 349 g/mol. The van der Waals surface area contributed by atoms with Crippen LogP contribution in [0.15, 0.2) is 59.8 Å². The summed E-state index contributed by atoms with van der Waals surface area (Å²) in [5.41, 5.74) is 0.894. The molecule has 5 nitrogen and oxygen atoms in total. The van der Waals surface area contributed by atoms with Crippen LogP contribution in [0.2, 0.25) is 5.15 Å². The van der Waals surface area contributed by atoms with Gasteiger partial charge in [0.25, 0.3) is 10.0 Å². The van der Waals surface area contributed by atoms with Gasteiger partial charge >= 0.3 is 0 Å². The Kier molecular flexibility index (Phi) is 4.11. The number of hydrogen-bond donors (Lipinski definition) is 0. The summed E-state index contributed by atoms with van der Waals surface area (Å²) in [4.78, 5) is 4.19. The topological polar surface area (TPSA) is 61.2 Å². The molecule has 118 valence electrons. The molecule has 3 aromatic rings. The fraction of sp³-hybridized carbons (Fsp3) is 0.0625. The van der Waals surface area contributed by atoms with E-state index in [-0.39, 0.29) is 10.0 Å². The van der Waals surface area contributed by atoms with E-state index in [1.54, 1.807) is 48.5 Å². The predicted molar refractivity (Wildman–Crippen MR) is 89.8 cm³/mol. The summed E-state index contributed by atoms with van der Waals surface area (Å²) in [6, 6.07) is 11.5. The van der Waals surface area contributed by atoms with Crippen LogP contribution < -0.4 is 0 Å². The largest absolute Gasteiger partial charge is 0.504 e. The van der Waals surface area contributed by atoms with Crippen LogP contribution in [0.5, 0.6) is 0 Å². The quantitative estimate of drug-likeness (QED) is 0.534. The Balaban J connectivity index is 2.35. The van der Waals surface area contributed by atoms with Crippen LogP contribution in [-0.4, -0.2) is 24.5 Å². The Morgan fingerprint density at radius 2 is 1.96 bits per heavy atom. The van der Waals surface area contributed by atoms with Crippen LogP contribution in [0.3, 0.4) is 0 Å². The Morgan fingerprint density at radius 3 is 2.65 bits per heavy atom. The molecule has 0 radical (unpaired) electrons. The zero-order valence-electron chi connectivity index (χ0n) is 12.2. The fourth-order valence-electron chi connectivity index (χ4n) is 2.31. The van der Waals surface area contributed by atoms with Crippen molar-refractivity contribution in [3.63, 3.8) is 0 Å². The highest BCUT2D eigenvalue weighted by Gasteiger charge is 2.23. The Labute approximate surface area is 138 Å². The summed E-state index contributed by atoms with van der Waals surface area (Å²) in [7, 11) is -2.29. The van der Waals surface area contributed by atoms with Gasteiger partial charge in [-0.2, -0.15) is 0 Å². The normalized spacial score (nSPS) is 12.1. The molecule has 23 heavy (non-hydrogen) atoms. The van der Waals surface area contributed by atoms with Gasteiger partial charge in [-0.1, -0.05) is 29.8 Å². The van der Waals surface area contributed by atoms with E-state index in [4.69, 9.17) is 16.3 Å². The molecule has 0 aliphatic heterocycles. The van der Waals surface area contributed by atoms with Gasteiger partial charge in [0, 0.05) is 11.6 Å². The molecule has 0 aliphatic rings. The first-order chi connectivity index (χ1) is 11.1. The van der Waals surface area contributed by atoms with Crippen molar-refractivity contribution < 1.29 is 13.2 Å². The number of nitrogens with zero attached hydrogens (tertiary/aromatic N) is 2. The smallest absolute Gasteiger partial charge is 0.268 e. The van der Waals surface area contributed by atoms with Gasteiger partial charge in [0.2, 0.25) is 0 Å². The molecule has 2 aromatic heterocycles. The van der Waals surface area contributed by atoms with E-state index in [2.05, 4.69) is 4.98 Å². The third-order valence-electron chi connectivity index (χ3n) is 3.32. The van der Waals surface area contributed by atoms with Crippen LogP contribution in [-0.2, 0) is 14.8 Å². The minimum atomic E-state index is -3.78. The first-order valence-corrected chi connectivity index (χ1v) is 8.53. The molecule has 0 amide bonds. The van der Waals surface area contributed by atoms with Crippen molar-refractivity contribution >= 4 is 38.6 Å². The van der Waals surface area contributed by atoms with E-state index < -0.39 is 10.0 Å². The van der Waals surface area contributed by atoms with Crippen molar-refractivity contribution in [2.24, 2.45) is 0 Å². The van der Waals surface area contributed by atoms with Gasteiger partial charge in [-0.25, -0.2) is 17.4 Å². The Hall–Kier alpha value is -2.31. The number of pyridine rings is 1. The maximum absolute atomic E-state index is 13.0. The number of ether oxygens (including phenoxy) is 1. The summed E-state index contributed by atoms with van der Waals surface area (Å²) in [6.07, 6.45) is 4.45. The molecule has 2 heterocycles. The van der Waals surface area contributed by atoms with Gasteiger partial charge in [-0.3, -0.25) is 0 Å². The number of rotatable bonds is 4. The molecule has 0 saturated heterocycles. The van der Waals surface area contributed by atoms with Gasteiger partial charge in [-0.15, -0.1) is 0 Å². The lowest BCUT2D eigenvalue weighted by atomic mass is 10.3. The maximum atomic E-state index is 13.0. The first kappa shape index (κ1) is 15.6. The highest BCUT2D eigenvalue weighted by Crippen LogP contribution is 2.29. The average Bonchev–Trinajstić information content (AvgIpc) is 2.94. The van der Waals surface area contributed by atoms with Gasteiger partial charge < -0.3 is 4.74 Å². The van der Waals surface area contributed by atoms with Crippen molar-refractivity contribution in [2.75, 3.05) is 7.11 Å². The van der Waals surface area contributed by atoms with Crippen molar-refractivity contribution in [1.29, 1.82) is 0 Å². The molecule has 3 rings (SSSR count). The lowest BCUT2D eigenvalue weighted by Gasteiger charge is -2.10. The molecule has 7 heteroatoms. The number of aromatic nitrogens is 2. The molecule has 1 aromatic carbocycles. The summed E-state index contributed by atoms with van der Waals surface area (Å²) in [6.45, 7) is 0. The van der Waals surface area contributed by atoms with E-state index in [0.29, 0.717) is 16.6 Å². The molecule has 0 aliphatic carbocycles. The third kappa shape index (κ3) is 2.71. The molecular weight excluding hydrogens is 336 g/mol. The molecule has 0 atom stereocenters. The monoisotopic (exact) mass is 348 g/mol. The maximum Gasteiger partial charge on any atom is 0.268 e. The summed E-state index contributed by atoms with van der Waals surface area (Å²) < 4.78 is 32.2. The van der Waals surface area contributed by atoms with E-state index in [1.807, 2.05) is 0 Å². The standard InChI is InChI=1S/C16H13ClN2O3S/c1-22-10-8-12-11-14-15(7-9-18-16(14)17)19(12)23(20,21)13-5-3-2-4-6-13/h2-11H,1H3/b10-8+. The SMILES string of the molecule is CO/C=C/c1cc2c(Cl)nccc2n1S(=O)(=O)c1ccccc1. The summed E-state index contributed by atoms with van der Waals surface area (Å²) >= 11 is 6.10. The van der Waals surface area contributed by atoms with Crippen LogP contribution in [0.1, 0.15) is 5.69 Å². The summed E-state index contributed by atoms with van der Waals surface area (Å²) in [5.74, 6) is 0. The van der Waals surface area contributed by atoms with Crippen LogP contribution in [0.4, 0.5) is 0 Å². The fourth-order valence-corrected chi connectivity index (χ4v) is 4.04. The van der Waals surface area contributed by atoms with Crippen molar-refractivity contribution in [3.05, 3.63) is 65.8 Å². The lowest BCUT2D eigenvalue weighted by molar-refractivity contribution is 0.341. The van der Waals surface area contributed by atoms with Crippen LogP contribution in [0.25, 0.3) is 17.0 Å². The zero-order valence-corrected chi connectivity index (χ0v) is 13.8. The molecule has 0 fully saturated rings. The van der Waals surface area contributed by atoms with E-state index in [9.17, 15) is 8.42 Å². The van der Waals surface area contributed by atoms with E-state index in [1.165, 1.54) is 23.5 Å². The zero-order chi connectivity index (χ0) is 16.4. The van der Waals surface area contributed by atoms with Gasteiger partial charge in [0.15, 0.2) is 0 Å². The number of halogens is 1. The minimum absolute atomic E-state index is 0.192. The second kappa shape index (κ2) is 6.06. The molecule has 0 saturated carbocycles. The number of hydrogen-bond acceptors (Lipinski definition) is 4. The van der Waals surface area contributed by atoms with Gasteiger partial charge in [0.05, 0.1) is 29.5 Å². The number of benzene rings is 1. The highest BCUT2D eigenvalue weighted by molar-refractivity contribution is 7.90. The van der Waals surface area contributed by atoms with E-state index >= 15 is 0 Å². The second-order valence-corrected chi connectivity index (χ2v) is 6.87. The highest BCUT2D eigenvalue weighted by atomic mass is 35.5. The van der Waals surface area contributed by atoms with Crippen molar-refractivity contribution in [1.82, 2.24) is 8.96 Å². The third-order valence-corrected chi connectivity index (χ3v) is 5.38. The Morgan fingerprint density at radius 1 is 1.22 bits per heavy atom. The first-order valence-electron chi connectivity index (χ1n) is 6.71. The van der Waals surface area contributed by atoms with Gasteiger partial charge in [-0.05, 0) is 30.3 Å². The molecule has 0 N–H and O–H groups in total. The lowest BCUT2D eigenvalue weighted by Crippen LogP contribution is -2.14. The van der Waals surface area contributed by atoms with Crippen LogP contribution in [0, 0.1) is 0 Å². The summed E-state index contributed by atoms with van der Waals surface area (Å²) in [5, 5.41) is 0.806. The predicted octanol–water partition coefficient (Wildman–Crippen LogP) is 3.54. The van der Waals surface area contributed by atoms with Gasteiger partial charge in [0.1, 0.15) is 5.15 Å². The van der Waals surface area contributed by atoms with Crippen molar-refractivity contribution in [2.45, 2.75) is 4.90 Å². The molecular formula is C16H13ClN2O3S. The second-order valence-electron chi connectivity index (χ2n) is 4.72. The number of fused-ring (bicyclic) bond motifs is 1. The Bertz CT molecular complexity index is 979. The van der Waals surface area contributed by atoms with E-state index in [0.717, 1.165) is 0 Å². The molecule has 0 unspecified atom stereocenters. The molecule has 0 bridgehead atoms. The minimum Gasteiger partial charge on any atom is -0.504 e. The van der Waals surface area contributed by atoms with Crippen LogP contribution >= 0.6 is 11.6 Å². The molecule has 0 spiro atoms. The van der Waals surface area contributed by atoms with Crippen molar-refractivity contribution in [3.8, 4) is 0 Å². The number of methoxy groups -OCH3 is 1.